The van der Waals surface area contributed by atoms with Gasteiger partial charge in [-0.1, -0.05) is 53.4 Å². The van der Waals surface area contributed by atoms with Crippen molar-refractivity contribution >= 4 is 11.9 Å². The molecule has 164 valence electrons. The average molecular weight is 409 g/mol. The number of unbranched alkanes of at least 4 members (excludes halogenated alkanes) is 4. The molecule has 5 atom stereocenters. The fraction of sp³-hybridized carbons (Fsp3) is 0.826. The molecule has 0 radical (unpaired) electrons. The van der Waals surface area contributed by atoms with Gasteiger partial charge in [0.2, 0.25) is 0 Å². The molecule has 0 spiro atoms. The van der Waals surface area contributed by atoms with Crippen molar-refractivity contribution in [2.75, 3.05) is 6.61 Å². The zero-order valence-electron chi connectivity index (χ0n) is 18.2. The summed E-state index contributed by atoms with van der Waals surface area (Å²) in [6, 6.07) is 0. The Balaban J connectivity index is 1.87. The lowest BCUT2D eigenvalue weighted by molar-refractivity contribution is -0.226. The first-order chi connectivity index (χ1) is 13.6. The van der Waals surface area contributed by atoms with Crippen molar-refractivity contribution in [3.63, 3.8) is 0 Å². The minimum Gasteiger partial charge on any atom is -0.459 e. The van der Waals surface area contributed by atoms with E-state index in [4.69, 9.17) is 9.47 Å². The number of carbonyl (C=O) groups excluding carboxylic acids is 2. The second-order valence-corrected chi connectivity index (χ2v) is 9.94. The van der Waals surface area contributed by atoms with Gasteiger partial charge in [0.25, 0.3) is 0 Å². The lowest BCUT2D eigenvalue weighted by Gasteiger charge is -2.61. The van der Waals surface area contributed by atoms with Gasteiger partial charge in [-0.15, -0.1) is 0 Å². The summed E-state index contributed by atoms with van der Waals surface area (Å²) in [7, 11) is 0. The van der Waals surface area contributed by atoms with Gasteiger partial charge in [-0.3, -0.25) is 4.79 Å². The Bertz CT molecular complexity index is 683. The Hall–Kier alpha value is -1.40. The van der Waals surface area contributed by atoms with Crippen molar-refractivity contribution in [2.24, 2.45) is 16.7 Å². The summed E-state index contributed by atoms with van der Waals surface area (Å²) >= 11 is 0. The van der Waals surface area contributed by atoms with E-state index in [1.807, 2.05) is 6.92 Å². The molecule has 29 heavy (non-hydrogen) atoms. The first kappa shape index (κ1) is 22.3. The van der Waals surface area contributed by atoms with Crippen LogP contribution >= 0.6 is 0 Å². The summed E-state index contributed by atoms with van der Waals surface area (Å²) in [6.45, 7) is 7.94. The van der Waals surface area contributed by atoms with Crippen LogP contribution in [0.5, 0.6) is 0 Å². The van der Waals surface area contributed by atoms with E-state index in [0.29, 0.717) is 12.8 Å². The summed E-state index contributed by atoms with van der Waals surface area (Å²) in [6.07, 6.45) is 6.88. The summed E-state index contributed by atoms with van der Waals surface area (Å²) < 4.78 is 11.1. The number of aliphatic hydroxyl groups excluding tert-OH is 1. The summed E-state index contributed by atoms with van der Waals surface area (Å²) in [5, 5.41) is 22.5. The van der Waals surface area contributed by atoms with Crippen molar-refractivity contribution in [1.29, 1.82) is 0 Å². The normalized spacial score (nSPS) is 37.9. The highest BCUT2D eigenvalue weighted by molar-refractivity contribution is 5.94. The number of ether oxygens (including phenoxy) is 2. The Kier molecular flexibility index (Phi) is 6.17. The summed E-state index contributed by atoms with van der Waals surface area (Å²) in [5.41, 5.74) is -2.79. The van der Waals surface area contributed by atoms with Crippen LogP contribution < -0.4 is 0 Å². The van der Waals surface area contributed by atoms with Gasteiger partial charge in [0.15, 0.2) is 0 Å². The summed E-state index contributed by atoms with van der Waals surface area (Å²) in [5.74, 6) is -1.22. The standard InChI is InChI=1S/C23H36O6/c1-5-6-7-8-9-10-18(25)29-16-13-15-20(26)28-14-23(15,27)22(4)17(24)11-12-21(2,3)19(16)22/h13,16-17,19,24,27H,5-12,14H2,1-4H3. The number of esters is 2. The van der Waals surface area contributed by atoms with Crippen LogP contribution in [0.1, 0.15) is 79.1 Å². The Morgan fingerprint density at radius 2 is 1.93 bits per heavy atom. The minimum atomic E-state index is -1.57. The van der Waals surface area contributed by atoms with Crippen LogP contribution in [0, 0.1) is 16.7 Å². The van der Waals surface area contributed by atoms with E-state index in [1.54, 1.807) is 6.08 Å². The molecule has 0 amide bonds. The molecule has 1 saturated heterocycles. The molecule has 0 bridgehead atoms. The van der Waals surface area contributed by atoms with Gasteiger partial charge >= 0.3 is 11.9 Å². The third-order valence-corrected chi connectivity index (χ3v) is 7.62. The SMILES string of the molecule is CCCCCCCC(=O)OC1C=C2C(=O)OCC2(O)C2(C)C(O)CCC(C)(C)C12. The molecule has 0 aromatic heterocycles. The maximum Gasteiger partial charge on any atom is 0.337 e. The Morgan fingerprint density at radius 3 is 2.62 bits per heavy atom. The maximum absolute atomic E-state index is 12.6. The van der Waals surface area contributed by atoms with Gasteiger partial charge in [0, 0.05) is 17.8 Å². The number of carbonyl (C=O) groups is 2. The molecular formula is C23H36O6. The zero-order chi connectivity index (χ0) is 21.4. The molecule has 2 fully saturated rings. The van der Waals surface area contributed by atoms with Crippen molar-refractivity contribution in [3.05, 3.63) is 11.6 Å². The Labute approximate surface area is 173 Å². The van der Waals surface area contributed by atoms with E-state index in [2.05, 4.69) is 20.8 Å². The predicted molar refractivity (Wildman–Crippen MR) is 108 cm³/mol. The first-order valence-electron chi connectivity index (χ1n) is 11.1. The fourth-order valence-corrected chi connectivity index (χ4v) is 5.89. The van der Waals surface area contributed by atoms with Crippen molar-refractivity contribution in [1.82, 2.24) is 0 Å². The molecule has 1 aliphatic heterocycles. The maximum atomic E-state index is 12.6. The molecule has 3 rings (SSSR count). The van der Waals surface area contributed by atoms with Crippen LogP contribution in [0.4, 0.5) is 0 Å². The van der Waals surface area contributed by atoms with Gasteiger partial charge in [-0.25, -0.2) is 4.79 Å². The third-order valence-electron chi connectivity index (χ3n) is 7.62. The molecule has 5 unspecified atom stereocenters. The lowest BCUT2D eigenvalue weighted by atomic mass is 9.45. The van der Waals surface area contributed by atoms with Gasteiger partial charge in [0.05, 0.1) is 11.7 Å². The molecule has 0 aromatic rings. The smallest absolute Gasteiger partial charge is 0.337 e. The average Bonchev–Trinajstić information content (AvgIpc) is 2.95. The number of fused-ring (bicyclic) bond motifs is 3. The van der Waals surface area contributed by atoms with Gasteiger partial charge < -0.3 is 19.7 Å². The van der Waals surface area contributed by atoms with Crippen LogP contribution in [-0.4, -0.2) is 46.6 Å². The van der Waals surface area contributed by atoms with Gasteiger partial charge in [-0.2, -0.15) is 0 Å². The lowest BCUT2D eigenvalue weighted by Crippen LogP contribution is -2.68. The molecule has 0 aromatic carbocycles. The van der Waals surface area contributed by atoms with E-state index in [1.165, 1.54) is 0 Å². The topological polar surface area (TPSA) is 93.1 Å². The second kappa shape index (κ2) is 8.03. The van der Waals surface area contributed by atoms with Crippen molar-refractivity contribution in [3.8, 4) is 0 Å². The molecule has 1 heterocycles. The zero-order valence-corrected chi connectivity index (χ0v) is 18.2. The number of hydrogen-bond donors (Lipinski definition) is 2. The van der Waals surface area contributed by atoms with Crippen LogP contribution in [0.3, 0.4) is 0 Å². The molecule has 1 saturated carbocycles. The number of aliphatic hydroxyl groups is 2. The van der Waals surface area contributed by atoms with Crippen LogP contribution in [-0.2, 0) is 19.1 Å². The van der Waals surface area contributed by atoms with E-state index in [9.17, 15) is 19.8 Å². The monoisotopic (exact) mass is 408 g/mol. The van der Waals surface area contributed by atoms with E-state index >= 15 is 0 Å². The Morgan fingerprint density at radius 1 is 1.24 bits per heavy atom. The van der Waals surface area contributed by atoms with E-state index < -0.39 is 29.2 Å². The van der Waals surface area contributed by atoms with Gasteiger partial charge in [-0.05, 0) is 30.8 Å². The van der Waals surface area contributed by atoms with Crippen LogP contribution in [0.15, 0.2) is 11.6 Å². The highest BCUT2D eigenvalue weighted by atomic mass is 16.6. The third kappa shape index (κ3) is 3.63. The molecule has 2 N–H and O–H groups in total. The van der Waals surface area contributed by atoms with Crippen LogP contribution in [0.2, 0.25) is 0 Å². The quantitative estimate of drug-likeness (QED) is 0.496. The molecule has 3 aliphatic rings. The highest BCUT2D eigenvalue weighted by Gasteiger charge is 2.70. The van der Waals surface area contributed by atoms with E-state index in [0.717, 1.165) is 38.5 Å². The second-order valence-electron chi connectivity index (χ2n) is 9.94. The fourth-order valence-electron chi connectivity index (χ4n) is 5.89. The molecule has 6 heteroatoms. The summed E-state index contributed by atoms with van der Waals surface area (Å²) in [4.78, 5) is 24.9. The highest BCUT2D eigenvalue weighted by Crippen LogP contribution is 2.63. The molecular weight excluding hydrogens is 372 g/mol. The van der Waals surface area contributed by atoms with Crippen LogP contribution in [0.25, 0.3) is 0 Å². The van der Waals surface area contributed by atoms with Crippen molar-refractivity contribution < 1.29 is 29.3 Å². The van der Waals surface area contributed by atoms with Crippen molar-refractivity contribution in [2.45, 2.75) is 96.9 Å². The molecule has 6 nitrogen and oxygen atoms in total. The molecule has 2 aliphatic carbocycles. The first-order valence-corrected chi connectivity index (χ1v) is 11.1. The minimum absolute atomic E-state index is 0.119. The van der Waals surface area contributed by atoms with E-state index in [-0.39, 0.29) is 29.5 Å². The van der Waals surface area contributed by atoms with Gasteiger partial charge in [0.1, 0.15) is 18.3 Å². The predicted octanol–water partition coefficient (Wildman–Crippen LogP) is 3.29. The number of hydrogen-bond acceptors (Lipinski definition) is 6. The number of rotatable bonds is 7. The number of cyclic esters (lactones) is 1. The largest absolute Gasteiger partial charge is 0.459 e.